The maximum Gasteiger partial charge on any atom is 0.237 e. The van der Waals surface area contributed by atoms with Crippen LogP contribution in [0.15, 0.2) is 24.3 Å². The molecule has 1 unspecified atom stereocenters. The van der Waals surface area contributed by atoms with E-state index < -0.39 is 6.04 Å². The van der Waals surface area contributed by atoms with Crippen LogP contribution in [0.5, 0.6) is 0 Å². The summed E-state index contributed by atoms with van der Waals surface area (Å²) >= 11 is 5.83. The molecule has 18 heavy (non-hydrogen) atoms. The number of hydrogen-bond acceptors (Lipinski definition) is 2. The van der Waals surface area contributed by atoms with E-state index in [-0.39, 0.29) is 17.4 Å². The number of nitrogens with two attached hydrogens (primary N) is 1. The van der Waals surface area contributed by atoms with Gasteiger partial charge in [0.1, 0.15) is 0 Å². The summed E-state index contributed by atoms with van der Waals surface area (Å²) in [5, 5.41) is 3.60. The summed E-state index contributed by atoms with van der Waals surface area (Å²) in [4.78, 5) is 12.0. The third-order valence-corrected chi connectivity index (χ3v) is 3.20. The molecule has 1 rings (SSSR count). The predicted octanol–water partition coefficient (Wildman–Crippen LogP) is 2.89. The molecule has 3 N–H and O–H groups in total. The maximum absolute atomic E-state index is 12.0. The van der Waals surface area contributed by atoms with Crippen molar-refractivity contribution >= 4 is 17.5 Å². The van der Waals surface area contributed by atoms with Gasteiger partial charge in [-0.15, -0.1) is 0 Å². The Morgan fingerprint density at radius 2 is 1.78 bits per heavy atom. The van der Waals surface area contributed by atoms with Gasteiger partial charge in [-0.25, -0.2) is 0 Å². The lowest BCUT2D eigenvalue weighted by molar-refractivity contribution is -0.125. The predicted molar refractivity (Wildman–Crippen MR) is 75.4 cm³/mol. The third-order valence-electron chi connectivity index (χ3n) is 2.94. The quantitative estimate of drug-likeness (QED) is 0.886. The van der Waals surface area contributed by atoms with Crippen LogP contribution < -0.4 is 11.1 Å². The average molecular weight is 269 g/mol. The van der Waals surface area contributed by atoms with Crippen molar-refractivity contribution in [2.24, 2.45) is 11.1 Å². The van der Waals surface area contributed by atoms with Gasteiger partial charge in [0, 0.05) is 5.02 Å². The molecule has 1 amide bonds. The number of nitrogens with one attached hydrogen (secondary N) is 1. The fourth-order valence-corrected chi connectivity index (χ4v) is 1.66. The molecule has 0 aliphatic carbocycles. The van der Waals surface area contributed by atoms with Crippen LogP contribution >= 0.6 is 11.6 Å². The molecular formula is C14H21ClN2O. The number of hydrogen-bond donors (Lipinski definition) is 2. The minimum Gasteiger partial charge on any atom is -0.348 e. The van der Waals surface area contributed by atoms with Crippen molar-refractivity contribution in [3.63, 3.8) is 0 Å². The van der Waals surface area contributed by atoms with Crippen LogP contribution in [0.4, 0.5) is 0 Å². The van der Waals surface area contributed by atoms with Gasteiger partial charge < -0.3 is 11.1 Å². The second-order valence-electron chi connectivity index (χ2n) is 5.63. The van der Waals surface area contributed by atoms with E-state index in [9.17, 15) is 4.79 Å². The highest BCUT2D eigenvalue weighted by Crippen LogP contribution is 2.20. The van der Waals surface area contributed by atoms with Gasteiger partial charge in [0.2, 0.25) is 5.91 Å². The first kappa shape index (κ1) is 15.0. The van der Waals surface area contributed by atoms with E-state index in [1.165, 1.54) is 0 Å². The maximum atomic E-state index is 12.0. The lowest BCUT2D eigenvalue weighted by atomic mass is 9.86. The summed E-state index contributed by atoms with van der Waals surface area (Å²) in [5.41, 5.74) is 6.67. The molecule has 0 heterocycles. The second-order valence-corrected chi connectivity index (χ2v) is 6.06. The number of carbonyl (C=O) groups excluding carboxylic acids is 1. The first-order valence-electron chi connectivity index (χ1n) is 6.03. The summed E-state index contributed by atoms with van der Waals surface area (Å²) in [6.45, 7) is 7.77. The summed E-state index contributed by atoms with van der Waals surface area (Å²) in [6, 6.07) is 6.81. The lowest BCUT2D eigenvalue weighted by Gasteiger charge is -2.27. The van der Waals surface area contributed by atoms with Gasteiger partial charge in [0.15, 0.2) is 0 Å². The molecule has 3 nitrogen and oxygen atoms in total. The Morgan fingerprint density at radius 1 is 1.28 bits per heavy atom. The van der Waals surface area contributed by atoms with Gasteiger partial charge in [0.05, 0.1) is 12.1 Å². The Hall–Kier alpha value is -1.06. The van der Waals surface area contributed by atoms with E-state index in [1.54, 1.807) is 0 Å². The van der Waals surface area contributed by atoms with E-state index in [0.29, 0.717) is 5.02 Å². The molecule has 0 saturated heterocycles. The monoisotopic (exact) mass is 268 g/mol. The number of carbonyl (C=O) groups is 1. The molecular weight excluding hydrogens is 248 g/mol. The van der Waals surface area contributed by atoms with Gasteiger partial charge in [-0.3, -0.25) is 4.79 Å². The van der Waals surface area contributed by atoms with Crippen molar-refractivity contribution in [2.75, 3.05) is 0 Å². The van der Waals surface area contributed by atoms with Gasteiger partial charge in [0.25, 0.3) is 0 Å². The minimum absolute atomic E-state index is 0.0804. The fraction of sp³-hybridized carbons (Fsp3) is 0.500. The van der Waals surface area contributed by atoms with Crippen molar-refractivity contribution in [3.05, 3.63) is 34.9 Å². The Kier molecular flexibility index (Phi) is 4.77. The SMILES string of the molecule is C[C@H](NC(=O)C(N)C(C)(C)C)c1ccc(Cl)cc1. The molecule has 1 aromatic carbocycles. The lowest BCUT2D eigenvalue weighted by Crippen LogP contribution is -2.49. The highest BCUT2D eigenvalue weighted by molar-refractivity contribution is 6.30. The van der Waals surface area contributed by atoms with Crippen molar-refractivity contribution in [2.45, 2.75) is 39.8 Å². The van der Waals surface area contributed by atoms with E-state index >= 15 is 0 Å². The molecule has 100 valence electrons. The largest absolute Gasteiger partial charge is 0.348 e. The minimum atomic E-state index is -0.521. The normalized spacial score (nSPS) is 15.0. The molecule has 4 heteroatoms. The summed E-state index contributed by atoms with van der Waals surface area (Å²) in [5.74, 6) is -0.134. The van der Waals surface area contributed by atoms with Gasteiger partial charge >= 0.3 is 0 Å². The zero-order valence-corrected chi connectivity index (χ0v) is 12.1. The molecule has 0 saturated carbocycles. The van der Waals surface area contributed by atoms with E-state index in [1.807, 2.05) is 52.0 Å². The van der Waals surface area contributed by atoms with Gasteiger partial charge in [-0.05, 0) is 30.0 Å². The van der Waals surface area contributed by atoms with Crippen molar-refractivity contribution in [1.82, 2.24) is 5.32 Å². The summed E-state index contributed by atoms with van der Waals surface area (Å²) < 4.78 is 0. The van der Waals surface area contributed by atoms with Crippen LogP contribution in [0.1, 0.15) is 39.3 Å². The Labute approximate surface area is 114 Å². The Bertz CT molecular complexity index is 409. The summed E-state index contributed by atoms with van der Waals surface area (Å²) in [7, 11) is 0. The third kappa shape index (κ3) is 4.00. The average Bonchev–Trinajstić information content (AvgIpc) is 2.27. The number of halogens is 1. The highest BCUT2D eigenvalue weighted by Gasteiger charge is 2.28. The second kappa shape index (κ2) is 5.72. The van der Waals surface area contributed by atoms with Crippen molar-refractivity contribution in [1.29, 1.82) is 0 Å². The first-order valence-corrected chi connectivity index (χ1v) is 6.41. The zero-order chi connectivity index (χ0) is 13.9. The molecule has 1 aromatic rings. The molecule has 0 spiro atoms. The molecule has 0 aliphatic rings. The molecule has 0 bridgehead atoms. The standard InChI is InChI=1S/C14H21ClN2O/c1-9(10-5-7-11(15)8-6-10)17-13(18)12(16)14(2,3)4/h5-9,12H,16H2,1-4H3,(H,17,18)/t9-,12?/m0/s1. The van der Waals surface area contributed by atoms with Crippen LogP contribution in [0.3, 0.4) is 0 Å². The number of benzene rings is 1. The molecule has 0 fully saturated rings. The molecule has 0 aliphatic heterocycles. The van der Waals surface area contributed by atoms with Gasteiger partial charge in [-0.1, -0.05) is 44.5 Å². The van der Waals surface area contributed by atoms with Crippen molar-refractivity contribution < 1.29 is 4.79 Å². The molecule has 0 radical (unpaired) electrons. The van der Waals surface area contributed by atoms with Crippen LogP contribution in [0, 0.1) is 5.41 Å². The van der Waals surface area contributed by atoms with E-state index in [2.05, 4.69) is 5.32 Å². The smallest absolute Gasteiger partial charge is 0.237 e. The fourth-order valence-electron chi connectivity index (χ4n) is 1.53. The summed E-state index contributed by atoms with van der Waals surface area (Å²) in [6.07, 6.45) is 0. The van der Waals surface area contributed by atoms with E-state index in [4.69, 9.17) is 17.3 Å². The molecule has 2 atom stereocenters. The Balaban J connectivity index is 2.68. The topological polar surface area (TPSA) is 55.1 Å². The molecule has 0 aromatic heterocycles. The van der Waals surface area contributed by atoms with Crippen molar-refractivity contribution in [3.8, 4) is 0 Å². The van der Waals surface area contributed by atoms with Crippen LogP contribution in [-0.2, 0) is 4.79 Å². The Morgan fingerprint density at radius 3 is 2.22 bits per heavy atom. The van der Waals surface area contributed by atoms with Gasteiger partial charge in [-0.2, -0.15) is 0 Å². The highest BCUT2D eigenvalue weighted by atomic mass is 35.5. The van der Waals surface area contributed by atoms with E-state index in [0.717, 1.165) is 5.56 Å². The number of amides is 1. The van der Waals surface area contributed by atoms with Crippen LogP contribution in [-0.4, -0.2) is 11.9 Å². The van der Waals surface area contributed by atoms with Crippen LogP contribution in [0.25, 0.3) is 0 Å². The number of rotatable bonds is 3. The van der Waals surface area contributed by atoms with Crippen LogP contribution in [0.2, 0.25) is 5.02 Å². The first-order chi connectivity index (χ1) is 8.21. The zero-order valence-electron chi connectivity index (χ0n) is 11.3.